The van der Waals surface area contributed by atoms with Crippen molar-refractivity contribution in [2.24, 2.45) is 11.5 Å². The Kier molecular flexibility index (Phi) is 4.57. The number of anilines is 2. The summed E-state index contributed by atoms with van der Waals surface area (Å²) < 4.78 is 5.38. The molecule has 5 N–H and O–H groups in total. The van der Waals surface area contributed by atoms with Gasteiger partial charge in [-0.1, -0.05) is 18.2 Å². The summed E-state index contributed by atoms with van der Waals surface area (Å²) in [6.07, 6.45) is 0. The van der Waals surface area contributed by atoms with E-state index in [0.29, 0.717) is 5.75 Å². The molecule has 5 heteroatoms. The number of ether oxygens (including phenoxy) is 1. The van der Waals surface area contributed by atoms with Gasteiger partial charge in [-0.25, -0.2) is 0 Å². The van der Waals surface area contributed by atoms with Gasteiger partial charge in [-0.15, -0.1) is 0 Å². The van der Waals surface area contributed by atoms with Crippen LogP contribution in [0.25, 0.3) is 0 Å². The molecule has 1 amide bonds. The quantitative estimate of drug-likeness (QED) is 0.744. The zero-order chi connectivity index (χ0) is 14.4. The number of nitrogens with one attached hydrogen (secondary N) is 1. The van der Waals surface area contributed by atoms with Gasteiger partial charge in [0, 0.05) is 11.4 Å². The first-order valence-corrected chi connectivity index (χ1v) is 6.25. The fourth-order valence-corrected chi connectivity index (χ4v) is 1.59. The molecule has 104 valence electrons. The predicted octanol–water partition coefficient (Wildman–Crippen LogP) is 1.62. The van der Waals surface area contributed by atoms with E-state index >= 15 is 0 Å². The summed E-state index contributed by atoms with van der Waals surface area (Å²) in [6, 6.07) is 16.4. The molecule has 5 nitrogen and oxygen atoms in total. The Balaban J connectivity index is 1.91. The molecular weight excluding hydrogens is 254 g/mol. The predicted molar refractivity (Wildman–Crippen MR) is 78.8 cm³/mol. The molecule has 2 aromatic carbocycles. The number of hydrogen-bond donors (Lipinski definition) is 3. The first-order chi connectivity index (χ1) is 9.65. The van der Waals surface area contributed by atoms with Crippen molar-refractivity contribution in [3.63, 3.8) is 0 Å². The van der Waals surface area contributed by atoms with Gasteiger partial charge in [0.05, 0.1) is 0 Å². The molecule has 2 aromatic rings. The van der Waals surface area contributed by atoms with Gasteiger partial charge >= 0.3 is 0 Å². The molecule has 0 heterocycles. The van der Waals surface area contributed by atoms with Crippen LogP contribution in [0.2, 0.25) is 0 Å². The summed E-state index contributed by atoms with van der Waals surface area (Å²) >= 11 is 0. The van der Waals surface area contributed by atoms with Gasteiger partial charge in [-0.05, 0) is 36.4 Å². The minimum atomic E-state index is -0.794. The standard InChI is InChI=1S/C15H17N3O2/c16-14(15(17)19)10-20-13-8-6-12(7-9-13)18-11-4-2-1-3-5-11/h1-9,14,18H,10,16H2,(H2,17,19). The van der Waals surface area contributed by atoms with Gasteiger partial charge in [-0.3, -0.25) is 4.79 Å². The number of rotatable bonds is 6. The molecule has 0 aliphatic carbocycles. The number of benzene rings is 2. The molecule has 0 aliphatic heterocycles. The SMILES string of the molecule is NC(=O)C(N)COc1ccc(Nc2ccccc2)cc1. The van der Waals surface area contributed by atoms with E-state index < -0.39 is 11.9 Å². The van der Waals surface area contributed by atoms with Crippen LogP contribution in [0.1, 0.15) is 0 Å². The van der Waals surface area contributed by atoms with Crippen LogP contribution < -0.4 is 21.5 Å². The second-order valence-corrected chi connectivity index (χ2v) is 4.34. The highest BCUT2D eigenvalue weighted by molar-refractivity contribution is 5.79. The molecule has 0 spiro atoms. The monoisotopic (exact) mass is 271 g/mol. The number of carbonyl (C=O) groups is 1. The van der Waals surface area contributed by atoms with E-state index in [1.165, 1.54) is 0 Å². The van der Waals surface area contributed by atoms with E-state index in [-0.39, 0.29) is 6.61 Å². The Hall–Kier alpha value is -2.53. The summed E-state index contributed by atoms with van der Waals surface area (Å²) in [7, 11) is 0. The van der Waals surface area contributed by atoms with Crippen LogP contribution in [-0.4, -0.2) is 18.6 Å². The molecule has 0 saturated carbocycles. The summed E-state index contributed by atoms with van der Waals surface area (Å²) in [5, 5.41) is 3.26. The molecule has 1 atom stereocenters. The van der Waals surface area contributed by atoms with Crippen LogP contribution in [0.15, 0.2) is 54.6 Å². The lowest BCUT2D eigenvalue weighted by atomic mass is 10.2. The maximum Gasteiger partial charge on any atom is 0.237 e. The molecule has 2 rings (SSSR count). The number of hydrogen-bond acceptors (Lipinski definition) is 4. The van der Waals surface area contributed by atoms with E-state index in [0.717, 1.165) is 11.4 Å². The number of para-hydroxylation sites is 1. The normalized spacial score (nSPS) is 11.7. The minimum absolute atomic E-state index is 0.0702. The molecule has 0 radical (unpaired) electrons. The van der Waals surface area contributed by atoms with E-state index in [2.05, 4.69) is 5.32 Å². The Morgan fingerprint density at radius 1 is 1.05 bits per heavy atom. The third-order valence-electron chi connectivity index (χ3n) is 2.71. The summed E-state index contributed by atoms with van der Waals surface area (Å²) in [6.45, 7) is 0.0702. The van der Waals surface area contributed by atoms with E-state index in [1.807, 2.05) is 42.5 Å². The molecule has 20 heavy (non-hydrogen) atoms. The first-order valence-electron chi connectivity index (χ1n) is 6.25. The van der Waals surface area contributed by atoms with Crippen LogP contribution in [0.4, 0.5) is 11.4 Å². The van der Waals surface area contributed by atoms with Crippen LogP contribution in [0.5, 0.6) is 5.75 Å². The fraction of sp³-hybridized carbons (Fsp3) is 0.133. The van der Waals surface area contributed by atoms with Gasteiger partial charge in [0.15, 0.2) is 0 Å². The van der Waals surface area contributed by atoms with Gasteiger partial charge in [0.25, 0.3) is 0 Å². The molecule has 0 fully saturated rings. The second-order valence-electron chi connectivity index (χ2n) is 4.34. The highest BCUT2D eigenvalue weighted by atomic mass is 16.5. The van der Waals surface area contributed by atoms with Crippen molar-refractivity contribution in [3.8, 4) is 5.75 Å². The second kappa shape index (κ2) is 6.58. The average molecular weight is 271 g/mol. The fourth-order valence-electron chi connectivity index (χ4n) is 1.59. The third kappa shape index (κ3) is 4.00. The number of primary amides is 1. The highest BCUT2D eigenvalue weighted by Crippen LogP contribution is 2.19. The van der Waals surface area contributed by atoms with Crippen LogP contribution in [0, 0.1) is 0 Å². The van der Waals surface area contributed by atoms with E-state index in [1.54, 1.807) is 12.1 Å². The van der Waals surface area contributed by atoms with Crippen LogP contribution >= 0.6 is 0 Å². The van der Waals surface area contributed by atoms with Crippen molar-refractivity contribution >= 4 is 17.3 Å². The molecule has 0 saturated heterocycles. The molecular formula is C15H17N3O2. The van der Waals surface area contributed by atoms with Gasteiger partial charge < -0.3 is 21.5 Å². The van der Waals surface area contributed by atoms with Crippen molar-refractivity contribution < 1.29 is 9.53 Å². The van der Waals surface area contributed by atoms with Crippen LogP contribution in [0.3, 0.4) is 0 Å². The van der Waals surface area contributed by atoms with Crippen molar-refractivity contribution in [2.75, 3.05) is 11.9 Å². The summed E-state index contributed by atoms with van der Waals surface area (Å²) in [4.78, 5) is 10.8. The lowest BCUT2D eigenvalue weighted by Crippen LogP contribution is -2.41. The molecule has 0 aromatic heterocycles. The van der Waals surface area contributed by atoms with E-state index in [4.69, 9.17) is 16.2 Å². The number of carbonyl (C=O) groups excluding carboxylic acids is 1. The summed E-state index contributed by atoms with van der Waals surface area (Å²) in [5.41, 5.74) is 12.5. The highest BCUT2D eigenvalue weighted by Gasteiger charge is 2.09. The van der Waals surface area contributed by atoms with Gasteiger partial charge in [-0.2, -0.15) is 0 Å². The largest absolute Gasteiger partial charge is 0.491 e. The third-order valence-corrected chi connectivity index (χ3v) is 2.71. The Labute approximate surface area is 117 Å². The van der Waals surface area contributed by atoms with Crippen molar-refractivity contribution in [1.82, 2.24) is 0 Å². The molecule has 0 bridgehead atoms. The Bertz CT molecular complexity index is 555. The molecule has 0 aliphatic rings. The van der Waals surface area contributed by atoms with Crippen molar-refractivity contribution in [2.45, 2.75) is 6.04 Å². The van der Waals surface area contributed by atoms with Crippen molar-refractivity contribution in [1.29, 1.82) is 0 Å². The smallest absolute Gasteiger partial charge is 0.237 e. The van der Waals surface area contributed by atoms with E-state index in [9.17, 15) is 4.79 Å². The van der Waals surface area contributed by atoms with Crippen LogP contribution in [-0.2, 0) is 4.79 Å². The summed E-state index contributed by atoms with van der Waals surface area (Å²) in [5.74, 6) is 0.0627. The van der Waals surface area contributed by atoms with Gasteiger partial charge in [0.1, 0.15) is 18.4 Å². The Morgan fingerprint density at radius 3 is 2.25 bits per heavy atom. The average Bonchev–Trinajstić information content (AvgIpc) is 2.47. The number of amides is 1. The number of nitrogens with two attached hydrogens (primary N) is 2. The van der Waals surface area contributed by atoms with Gasteiger partial charge in [0.2, 0.25) is 5.91 Å². The first kappa shape index (κ1) is 13.9. The lowest BCUT2D eigenvalue weighted by molar-refractivity contribution is -0.119. The molecule has 1 unspecified atom stereocenters. The zero-order valence-electron chi connectivity index (χ0n) is 11.0. The Morgan fingerprint density at radius 2 is 1.65 bits per heavy atom. The van der Waals surface area contributed by atoms with Crippen molar-refractivity contribution in [3.05, 3.63) is 54.6 Å². The minimum Gasteiger partial charge on any atom is -0.491 e. The lowest BCUT2D eigenvalue weighted by Gasteiger charge is -2.11. The maximum absolute atomic E-state index is 10.8. The maximum atomic E-state index is 10.8. The topological polar surface area (TPSA) is 90.4 Å². The zero-order valence-corrected chi connectivity index (χ0v) is 11.0.